The molecular formula is C24H28N2O8. The molecule has 2 aliphatic rings. The van der Waals surface area contributed by atoms with Gasteiger partial charge in [-0.3, -0.25) is 4.79 Å². The highest BCUT2D eigenvalue weighted by Gasteiger charge is 2.63. The molecule has 10 nitrogen and oxygen atoms in total. The summed E-state index contributed by atoms with van der Waals surface area (Å²) >= 11 is 0. The summed E-state index contributed by atoms with van der Waals surface area (Å²) in [6.07, 6.45) is 0.853. The molecule has 1 atom stereocenters. The van der Waals surface area contributed by atoms with Gasteiger partial charge in [-0.2, -0.15) is 0 Å². The van der Waals surface area contributed by atoms with Gasteiger partial charge in [0.05, 0.1) is 19.8 Å². The number of esters is 4. The van der Waals surface area contributed by atoms with Gasteiger partial charge in [-0.15, -0.1) is 0 Å². The summed E-state index contributed by atoms with van der Waals surface area (Å²) in [5.41, 5.74) is 4.20. The summed E-state index contributed by atoms with van der Waals surface area (Å²) in [4.78, 5) is 52.4. The topological polar surface area (TPSA) is 143 Å². The summed E-state index contributed by atoms with van der Waals surface area (Å²) in [5, 5.41) is 2.90. The molecule has 1 aromatic rings. The lowest BCUT2D eigenvalue weighted by Crippen LogP contribution is -2.47. The van der Waals surface area contributed by atoms with Crippen LogP contribution in [0.15, 0.2) is 47.0 Å². The number of nitrogens with two attached hydrogens (primary N) is 1. The maximum absolute atomic E-state index is 13.6. The molecule has 0 saturated carbocycles. The van der Waals surface area contributed by atoms with E-state index < -0.39 is 35.7 Å². The van der Waals surface area contributed by atoms with E-state index in [1.807, 2.05) is 6.92 Å². The number of cyclic esters (lactones) is 1. The van der Waals surface area contributed by atoms with Crippen LogP contribution in [0.4, 0.5) is 5.69 Å². The standard InChI is InChI=1S/C24H28N2O8/c1-4-7-12-33-22(29)19-20(25)26-15-11-9-8-10-14(15)24(19)18(21(28)32-6-3)16(34-23(24)30)13-17(27)31-5-2/h8-11,26H,4-7,12-13,25H2,1-3H3. The van der Waals surface area contributed by atoms with Gasteiger partial charge in [0, 0.05) is 11.3 Å². The Morgan fingerprint density at radius 2 is 1.68 bits per heavy atom. The van der Waals surface area contributed by atoms with Crippen molar-refractivity contribution in [3.63, 3.8) is 0 Å². The highest BCUT2D eigenvalue weighted by molar-refractivity contribution is 6.16. The number of nitrogens with one attached hydrogen (secondary N) is 1. The molecular weight excluding hydrogens is 444 g/mol. The molecule has 1 aromatic carbocycles. The molecule has 0 bridgehead atoms. The summed E-state index contributed by atoms with van der Waals surface area (Å²) < 4.78 is 21.1. The fourth-order valence-electron chi connectivity index (χ4n) is 4.07. The Labute approximate surface area is 197 Å². The molecule has 0 saturated heterocycles. The lowest BCUT2D eigenvalue weighted by atomic mass is 9.66. The van der Waals surface area contributed by atoms with E-state index in [1.54, 1.807) is 38.1 Å². The Morgan fingerprint density at radius 3 is 2.35 bits per heavy atom. The van der Waals surface area contributed by atoms with Crippen molar-refractivity contribution < 1.29 is 38.1 Å². The largest absolute Gasteiger partial charge is 0.466 e. The number of anilines is 1. The first-order chi connectivity index (χ1) is 16.3. The second-order valence-corrected chi connectivity index (χ2v) is 7.59. The Kier molecular flexibility index (Phi) is 7.60. The number of carbonyl (C=O) groups is 4. The summed E-state index contributed by atoms with van der Waals surface area (Å²) in [5.74, 6) is -3.91. The van der Waals surface area contributed by atoms with Crippen molar-refractivity contribution in [3.8, 4) is 0 Å². The molecule has 1 spiro atoms. The number of unbranched alkanes of at least 4 members (excludes halogenated alkanes) is 1. The fourth-order valence-corrected chi connectivity index (χ4v) is 4.07. The predicted molar refractivity (Wildman–Crippen MR) is 120 cm³/mol. The monoisotopic (exact) mass is 472 g/mol. The third-order valence-electron chi connectivity index (χ3n) is 5.45. The number of benzene rings is 1. The van der Waals surface area contributed by atoms with Crippen LogP contribution in [0.1, 0.15) is 45.6 Å². The average Bonchev–Trinajstić information content (AvgIpc) is 3.06. The van der Waals surface area contributed by atoms with Gasteiger partial charge in [0.2, 0.25) is 0 Å². The van der Waals surface area contributed by atoms with Gasteiger partial charge in [0.25, 0.3) is 0 Å². The zero-order chi connectivity index (χ0) is 24.9. The number of para-hydroxylation sites is 1. The number of hydrogen-bond acceptors (Lipinski definition) is 10. The molecule has 3 rings (SSSR count). The Bertz CT molecular complexity index is 1070. The molecule has 10 heteroatoms. The summed E-state index contributed by atoms with van der Waals surface area (Å²) in [6, 6.07) is 6.55. The number of rotatable bonds is 9. The van der Waals surface area contributed by atoms with Crippen LogP contribution in [0.25, 0.3) is 0 Å². The average molecular weight is 472 g/mol. The molecule has 3 N–H and O–H groups in total. The van der Waals surface area contributed by atoms with E-state index >= 15 is 0 Å². The lowest BCUT2D eigenvalue weighted by Gasteiger charge is -2.35. The minimum absolute atomic E-state index is 0.0192. The molecule has 1 unspecified atom stereocenters. The minimum atomic E-state index is -2.08. The SMILES string of the molecule is CCCCOC(=O)C1=C(N)Nc2ccccc2C12C(=O)OC(CC(=O)OCC)=C2C(=O)OCC. The normalized spacial score (nSPS) is 18.9. The Balaban J connectivity index is 2.29. The van der Waals surface area contributed by atoms with Gasteiger partial charge in [-0.05, 0) is 26.3 Å². The van der Waals surface area contributed by atoms with Crippen molar-refractivity contribution in [2.45, 2.75) is 45.4 Å². The van der Waals surface area contributed by atoms with E-state index in [1.165, 1.54) is 0 Å². The smallest absolute Gasteiger partial charge is 0.339 e. The Hall–Kier alpha value is -3.82. The molecule has 2 aliphatic heterocycles. The van der Waals surface area contributed by atoms with Crippen molar-refractivity contribution in [2.24, 2.45) is 5.73 Å². The number of hydrogen-bond donors (Lipinski definition) is 2. The van der Waals surface area contributed by atoms with Crippen molar-refractivity contribution in [3.05, 3.63) is 52.6 Å². The van der Waals surface area contributed by atoms with Crippen LogP contribution in [-0.4, -0.2) is 43.7 Å². The van der Waals surface area contributed by atoms with E-state index in [2.05, 4.69) is 5.32 Å². The summed E-state index contributed by atoms with van der Waals surface area (Å²) in [7, 11) is 0. The highest BCUT2D eigenvalue weighted by Crippen LogP contribution is 2.53. The van der Waals surface area contributed by atoms with Crippen LogP contribution in [-0.2, 0) is 43.5 Å². The molecule has 0 fully saturated rings. The fraction of sp³-hybridized carbons (Fsp3) is 0.417. The van der Waals surface area contributed by atoms with Crippen LogP contribution in [0.3, 0.4) is 0 Å². The molecule has 2 heterocycles. The first-order valence-electron chi connectivity index (χ1n) is 11.1. The van der Waals surface area contributed by atoms with Crippen LogP contribution in [0.5, 0.6) is 0 Å². The molecule has 0 radical (unpaired) electrons. The first kappa shape index (κ1) is 24.8. The molecule has 0 aromatic heterocycles. The third kappa shape index (κ3) is 4.23. The van der Waals surface area contributed by atoms with Crippen LogP contribution in [0, 0.1) is 0 Å². The van der Waals surface area contributed by atoms with Gasteiger partial charge in [0.1, 0.15) is 29.1 Å². The quantitative estimate of drug-likeness (QED) is 0.312. The van der Waals surface area contributed by atoms with Crippen molar-refractivity contribution >= 4 is 29.6 Å². The predicted octanol–water partition coefficient (Wildman–Crippen LogP) is 2.19. The van der Waals surface area contributed by atoms with Gasteiger partial charge in [0.15, 0.2) is 5.41 Å². The lowest BCUT2D eigenvalue weighted by molar-refractivity contribution is -0.148. The molecule has 0 amide bonds. The number of fused-ring (bicyclic) bond motifs is 2. The zero-order valence-corrected chi connectivity index (χ0v) is 19.4. The van der Waals surface area contributed by atoms with E-state index in [0.29, 0.717) is 12.1 Å². The first-order valence-corrected chi connectivity index (χ1v) is 11.1. The summed E-state index contributed by atoms with van der Waals surface area (Å²) in [6.45, 7) is 5.31. The van der Waals surface area contributed by atoms with Crippen molar-refractivity contribution in [2.75, 3.05) is 25.1 Å². The Morgan fingerprint density at radius 1 is 1.00 bits per heavy atom. The van der Waals surface area contributed by atoms with Gasteiger partial charge >= 0.3 is 23.9 Å². The van der Waals surface area contributed by atoms with Crippen molar-refractivity contribution in [1.82, 2.24) is 0 Å². The van der Waals surface area contributed by atoms with E-state index in [4.69, 9.17) is 24.7 Å². The second kappa shape index (κ2) is 10.4. The van der Waals surface area contributed by atoms with Gasteiger partial charge in [-0.1, -0.05) is 31.5 Å². The number of ether oxygens (including phenoxy) is 4. The maximum atomic E-state index is 13.6. The van der Waals surface area contributed by atoms with Crippen LogP contribution < -0.4 is 11.1 Å². The van der Waals surface area contributed by atoms with Crippen LogP contribution >= 0.6 is 0 Å². The highest BCUT2D eigenvalue weighted by atomic mass is 16.6. The van der Waals surface area contributed by atoms with E-state index in [-0.39, 0.29) is 48.1 Å². The van der Waals surface area contributed by atoms with Crippen LogP contribution in [0.2, 0.25) is 0 Å². The third-order valence-corrected chi connectivity index (χ3v) is 5.45. The molecule has 182 valence electrons. The second-order valence-electron chi connectivity index (χ2n) is 7.59. The molecule has 0 aliphatic carbocycles. The zero-order valence-electron chi connectivity index (χ0n) is 19.4. The van der Waals surface area contributed by atoms with Gasteiger partial charge in [-0.25, -0.2) is 14.4 Å². The van der Waals surface area contributed by atoms with Gasteiger partial charge < -0.3 is 30.0 Å². The maximum Gasteiger partial charge on any atom is 0.339 e. The molecule has 34 heavy (non-hydrogen) atoms. The van der Waals surface area contributed by atoms with E-state index in [0.717, 1.165) is 6.42 Å². The number of carbonyl (C=O) groups excluding carboxylic acids is 4. The van der Waals surface area contributed by atoms with E-state index in [9.17, 15) is 19.2 Å². The van der Waals surface area contributed by atoms with Crippen molar-refractivity contribution in [1.29, 1.82) is 0 Å². The minimum Gasteiger partial charge on any atom is -0.466 e.